The number of unbranched alkanes of at least 4 members (excludes halogenated alkanes) is 2. The van der Waals surface area contributed by atoms with Gasteiger partial charge < -0.3 is 9.15 Å². The lowest BCUT2D eigenvalue weighted by molar-refractivity contribution is -0.134. The van der Waals surface area contributed by atoms with Crippen LogP contribution in [0.1, 0.15) is 69.2 Å². The Hall–Kier alpha value is -4.07. The number of carbonyl (C=O) groups excluding carboxylic acids is 4. The van der Waals surface area contributed by atoms with E-state index >= 15 is 0 Å². The first-order chi connectivity index (χ1) is 16.3. The minimum absolute atomic E-state index is 0.0461. The third-order valence-electron chi connectivity index (χ3n) is 5.80. The van der Waals surface area contributed by atoms with Crippen molar-refractivity contribution in [3.8, 4) is 5.75 Å². The van der Waals surface area contributed by atoms with E-state index in [4.69, 9.17) is 9.15 Å². The monoisotopic (exact) mass is 461 g/mol. The highest BCUT2D eigenvalue weighted by Crippen LogP contribution is 2.30. The lowest BCUT2D eigenvalue weighted by Gasteiger charge is -2.13. The van der Waals surface area contributed by atoms with E-state index in [1.165, 1.54) is 24.0 Å². The summed E-state index contributed by atoms with van der Waals surface area (Å²) in [5.41, 5.74) is 1.05. The smallest absolute Gasteiger partial charge is 0.336 e. The van der Waals surface area contributed by atoms with Crippen LogP contribution in [0.25, 0.3) is 11.0 Å². The molecule has 0 saturated heterocycles. The number of ether oxygens (including phenoxy) is 1. The van der Waals surface area contributed by atoms with Crippen molar-refractivity contribution in [1.82, 2.24) is 4.90 Å². The van der Waals surface area contributed by atoms with Crippen molar-refractivity contribution in [3.05, 3.63) is 75.1 Å². The highest BCUT2D eigenvalue weighted by molar-refractivity contribution is 6.21. The Labute approximate surface area is 195 Å². The van der Waals surface area contributed by atoms with Crippen molar-refractivity contribution in [3.63, 3.8) is 0 Å². The van der Waals surface area contributed by atoms with Gasteiger partial charge in [0, 0.05) is 24.4 Å². The van der Waals surface area contributed by atoms with Crippen LogP contribution in [-0.4, -0.2) is 35.0 Å². The Bertz CT molecular complexity index is 1350. The second-order valence-electron chi connectivity index (χ2n) is 8.21. The fraction of sp³-hybridized carbons (Fsp3) is 0.269. The molecule has 1 aliphatic heterocycles. The minimum Gasteiger partial charge on any atom is -0.426 e. The van der Waals surface area contributed by atoms with Crippen molar-refractivity contribution in [2.24, 2.45) is 0 Å². The van der Waals surface area contributed by atoms with Crippen LogP contribution >= 0.6 is 0 Å². The third-order valence-corrected chi connectivity index (χ3v) is 5.80. The van der Waals surface area contributed by atoms with E-state index in [0.717, 1.165) is 0 Å². The number of imide groups is 1. The fourth-order valence-electron chi connectivity index (χ4n) is 4.12. The number of rotatable bonds is 8. The van der Waals surface area contributed by atoms with E-state index < -0.39 is 11.6 Å². The summed E-state index contributed by atoms with van der Waals surface area (Å²) in [6.45, 7) is 3.32. The Morgan fingerprint density at radius 2 is 1.62 bits per heavy atom. The number of carbonyl (C=O) groups is 4. The molecule has 0 aliphatic carbocycles. The molecule has 8 heteroatoms. The van der Waals surface area contributed by atoms with Gasteiger partial charge in [-0.3, -0.25) is 24.1 Å². The van der Waals surface area contributed by atoms with Crippen LogP contribution in [0.5, 0.6) is 5.75 Å². The number of amides is 2. The summed E-state index contributed by atoms with van der Waals surface area (Å²) in [5.74, 6) is -1.46. The quantitative estimate of drug-likeness (QED) is 0.124. The average molecular weight is 461 g/mol. The zero-order chi connectivity index (χ0) is 24.4. The predicted octanol–water partition coefficient (Wildman–Crippen LogP) is 4.07. The van der Waals surface area contributed by atoms with E-state index in [2.05, 4.69) is 0 Å². The van der Waals surface area contributed by atoms with Gasteiger partial charge in [0.15, 0.2) is 11.4 Å². The fourth-order valence-corrected chi connectivity index (χ4v) is 4.12. The first-order valence-electron chi connectivity index (χ1n) is 11.0. The molecule has 174 valence electrons. The molecule has 0 N–H and O–H groups in total. The van der Waals surface area contributed by atoms with Gasteiger partial charge in [-0.25, -0.2) is 4.79 Å². The molecule has 4 rings (SSSR count). The number of hydrogen-bond donors (Lipinski definition) is 0. The molecule has 8 nitrogen and oxygen atoms in total. The van der Waals surface area contributed by atoms with Gasteiger partial charge in [-0.05, 0) is 56.5 Å². The van der Waals surface area contributed by atoms with Crippen LogP contribution in [0.15, 0.2) is 51.7 Å². The number of aryl methyl sites for hydroxylation is 1. The van der Waals surface area contributed by atoms with Gasteiger partial charge in [0.05, 0.1) is 11.1 Å². The number of Topliss-reactive ketones (excluding diaryl/α,β-unsaturated/α-hetero) is 1. The van der Waals surface area contributed by atoms with E-state index in [1.54, 1.807) is 37.3 Å². The molecule has 0 fully saturated rings. The van der Waals surface area contributed by atoms with Gasteiger partial charge >= 0.3 is 11.6 Å². The van der Waals surface area contributed by atoms with Crippen molar-refractivity contribution >= 4 is 34.5 Å². The SMILES string of the molecule is CC(=O)c1c(OC(=O)CCCCCN2C(=O)c3ccccc3C2=O)ccc2c(C)cc(=O)oc12. The molecule has 1 aliphatic rings. The minimum atomic E-state index is -0.589. The molecular weight excluding hydrogens is 438 g/mol. The van der Waals surface area contributed by atoms with Crippen LogP contribution in [0, 0.1) is 6.92 Å². The summed E-state index contributed by atoms with van der Waals surface area (Å²) in [6.07, 6.45) is 1.74. The first-order valence-corrected chi connectivity index (χ1v) is 11.0. The molecule has 2 heterocycles. The summed E-state index contributed by atoms with van der Waals surface area (Å²) in [5, 5.41) is 0.595. The summed E-state index contributed by atoms with van der Waals surface area (Å²) >= 11 is 0. The molecule has 2 amide bonds. The number of hydrogen-bond acceptors (Lipinski definition) is 7. The number of fused-ring (bicyclic) bond motifs is 2. The lowest BCUT2D eigenvalue weighted by atomic mass is 10.0. The molecule has 3 aromatic rings. The van der Waals surface area contributed by atoms with Gasteiger partial charge in [0.2, 0.25) is 0 Å². The largest absolute Gasteiger partial charge is 0.426 e. The highest BCUT2D eigenvalue weighted by atomic mass is 16.5. The van der Waals surface area contributed by atoms with Gasteiger partial charge in [0.1, 0.15) is 11.3 Å². The molecule has 0 bridgehead atoms. The summed E-state index contributed by atoms with van der Waals surface area (Å²) in [4.78, 5) is 62.4. The van der Waals surface area contributed by atoms with Gasteiger partial charge in [0.25, 0.3) is 11.8 Å². The van der Waals surface area contributed by atoms with Crippen molar-refractivity contribution < 1.29 is 28.3 Å². The topological polar surface area (TPSA) is 111 Å². The van der Waals surface area contributed by atoms with Crippen LogP contribution in [0.4, 0.5) is 0 Å². The summed E-state index contributed by atoms with van der Waals surface area (Å²) in [6, 6.07) is 11.2. The zero-order valence-electron chi connectivity index (χ0n) is 18.9. The molecule has 0 unspecified atom stereocenters. The van der Waals surface area contributed by atoms with E-state index in [9.17, 15) is 24.0 Å². The predicted molar refractivity (Wildman–Crippen MR) is 123 cm³/mol. The number of ketones is 1. The number of benzene rings is 2. The Morgan fingerprint density at radius 1 is 0.941 bits per heavy atom. The first kappa shape index (κ1) is 23.1. The standard InChI is InChI=1S/C26H23NO7/c1-15-14-22(30)34-24-17(15)11-12-20(23(24)16(2)28)33-21(29)10-4-3-7-13-27-25(31)18-8-5-6-9-19(18)26(27)32/h5-6,8-9,11-12,14H,3-4,7,10,13H2,1-2H3. The summed E-state index contributed by atoms with van der Waals surface area (Å²) in [7, 11) is 0. The van der Waals surface area contributed by atoms with Crippen LogP contribution in [0.3, 0.4) is 0 Å². The van der Waals surface area contributed by atoms with E-state index in [-0.39, 0.29) is 47.5 Å². The lowest BCUT2D eigenvalue weighted by Crippen LogP contribution is -2.30. The highest BCUT2D eigenvalue weighted by Gasteiger charge is 2.34. The van der Waals surface area contributed by atoms with Crippen molar-refractivity contribution in [2.45, 2.75) is 39.5 Å². The second kappa shape index (κ2) is 9.43. The molecule has 34 heavy (non-hydrogen) atoms. The van der Waals surface area contributed by atoms with Gasteiger partial charge in [-0.2, -0.15) is 0 Å². The van der Waals surface area contributed by atoms with E-state index in [1.807, 2.05) is 0 Å². The third kappa shape index (κ3) is 4.39. The molecular formula is C26H23NO7. The summed E-state index contributed by atoms with van der Waals surface area (Å²) < 4.78 is 10.6. The second-order valence-corrected chi connectivity index (χ2v) is 8.21. The average Bonchev–Trinajstić information content (AvgIpc) is 3.03. The Morgan fingerprint density at radius 3 is 2.26 bits per heavy atom. The molecule has 2 aromatic carbocycles. The maximum absolute atomic E-state index is 12.4. The van der Waals surface area contributed by atoms with Crippen LogP contribution in [-0.2, 0) is 4.79 Å². The Balaban J connectivity index is 1.33. The maximum atomic E-state index is 12.4. The number of nitrogens with zero attached hydrogens (tertiary/aromatic N) is 1. The van der Waals surface area contributed by atoms with Gasteiger partial charge in [-0.1, -0.05) is 18.6 Å². The maximum Gasteiger partial charge on any atom is 0.336 e. The van der Waals surface area contributed by atoms with E-state index in [0.29, 0.717) is 41.3 Å². The molecule has 0 saturated carbocycles. The molecule has 1 aromatic heterocycles. The molecule has 0 radical (unpaired) electrons. The molecule has 0 spiro atoms. The molecule has 0 atom stereocenters. The van der Waals surface area contributed by atoms with Crippen molar-refractivity contribution in [1.29, 1.82) is 0 Å². The van der Waals surface area contributed by atoms with Crippen LogP contribution < -0.4 is 10.4 Å². The Kier molecular flexibility index (Phi) is 6.40. The van der Waals surface area contributed by atoms with Crippen molar-refractivity contribution in [2.75, 3.05) is 6.54 Å². The number of esters is 1. The zero-order valence-corrected chi connectivity index (χ0v) is 18.9. The van der Waals surface area contributed by atoms with Crippen LogP contribution in [0.2, 0.25) is 0 Å². The van der Waals surface area contributed by atoms with Gasteiger partial charge in [-0.15, -0.1) is 0 Å². The normalized spacial score (nSPS) is 12.8.